The van der Waals surface area contributed by atoms with Gasteiger partial charge in [0.25, 0.3) is 0 Å². The van der Waals surface area contributed by atoms with Crippen LogP contribution in [0.15, 0.2) is 6.07 Å². The van der Waals surface area contributed by atoms with Crippen LogP contribution in [0.3, 0.4) is 0 Å². The van der Waals surface area contributed by atoms with E-state index < -0.39 is 0 Å². The molecule has 1 aliphatic heterocycles. The Morgan fingerprint density at radius 2 is 1.80 bits per heavy atom. The summed E-state index contributed by atoms with van der Waals surface area (Å²) < 4.78 is 0. The Balaban J connectivity index is 2.10. The number of nitrogens with one attached hydrogen (secondary N) is 1. The molecule has 0 aromatic carbocycles. The minimum absolute atomic E-state index is 0.559. The number of nitrogens with zero attached hydrogens (tertiary/aromatic N) is 3. The summed E-state index contributed by atoms with van der Waals surface area (Å²) in [5.74, 6) is 2.87. The summed E-state index contributed by atoms with van der Waals surface area (Å²) in [5, 5.41) is 3.29. The minimum atomic E-state index is 0.559. The molecule has 0 unspecified atom stereocenters. The second-order valence-corrected chi connectivity index (χ2v) is 5.88. The Morgan fingerprint density at radius 1 is 1.15 bits per heavy atom. The van der Waals surface area contributed by atoms with Gasteiger partial charge in [-0.3, -0.25) is 0 Å². The predicted molar refractivity (Wildman–Crippen MR) is 85.4 cm³/mol. The molecule has 1 aromatic heterocycles. The van der Waals surface area contributed by atoms with E-state index in [0.29, 0.717) is 5.41 Å². The number of anilines is 2. The second-order valence-electron chi connectivity index (χ2n) is 5.88. The van der Waals surface area contributed by atoms with Crippen molar-refractivity contribution in [1.29, 1.82) is 0 Å². The third-order valence-electron chi connectivity index (χ3n) is 4.83. The van der Waals surface area contributed by atoms with Crippen LogP contribution in [0.4, 0.5) is 11.6 Å². The van der Waals surface area contributed by atoms with E-state index in [9.17, 15) is 0 Å². The first-order valence-corrected chi connectivity index (χ1v) is 7.97. The van der Waals surface area contributed by atoms with Crippen LogP contribution in [0.1, 0.15) is 52.3 Å². The molecule has 4 nitrogen and oxygen atoms in total. The molecular formula is C16H28N4. The quantitative estimate of drug-likeness (QED) is 0.891. The van der Waals surface area contributed by atoms with Crippen LogP contribution in [-0.4, -0.2) is 29.6 Å². The highest BCUT2D eigenvalue weighted by molar-refractivity contribution is 5.49. The largest absolute Gasteiger partial charge is 0.370 e. The zero-order valence-electron chi connectivity index (χ0n) is 13.4. The average molecular weight is 276 g/mol. The Kier molecular flexibility index (Phi) is 4.84. The van der Waals surface area contributed by atoms with Crippen LogP contribution in [0, 0.1) is 12.3 Å². The van der Waals surface area contributed by atoms with E-state index in [0.717, 1.165) is 37.1 Å². The van der Waals surface area contributed by atoms with Gasteiger partial charge in [-0.05, 0) is 32.1 Å². The van der Waals surface area contributed by atoms with Crippen molar-refractivity contribution in [2.45, 2.75) is 53.4 Å². The van der Waals surface area contributed by atoms with E-state index in [1.165, 1.54) is 25.7 Å². The van der Waals surface area contributed by atoms with Gasteiger partial charge in [0.15, 0.2) is 0 Å². The summed E-state index contributed by atoms with van der Waals surface area (Å²) in [6.07, 6.45) is 5.14. The highest BCUT2D eigenvalue weighted by Gasteiger charge is 2.31. The lowest BCUT2D eigenvalue weighted by Crippen LogP contribution is -2.40. The lowest BCUT2D eigenvalue weighted by Gasteiger charge is -2.41. The maximum atomic E-state index is 4.61. The first kappa shape index (κ1) is 15.1. The summed E-state index contributed by atoms with van der Waals surface area (Å²) in [6.45, 7) is 11.8. The van der Waals surface area contributed by atoms with Crippen molar-refractivity contribution in [2.75, 3.05) is 29.9 Å². The Labute approximate surface area is 123 Å². The normalized spacial score (nSPS) is 18.1. The number of piperidine rings is 1. The minimum Gasteiger partial charge on any atom is -0.370 e. The smallest absolute Gasteiger partial charge is 0.134 e. The number of aromatic nitrogens is 2. The first-order valence-electron chi connectivity index (χ1n) is 7.97. The highest BCUT2D eigenvalue weighted by atomic mass is 15.2. The van der Waals surface area contributed by atoms with Gasteiger partial charge in [-0.15, -0.1) is 0 Å². The standard InChI is InChI=1S/C16H28N4/c1-5-16(6-2)8-10-20(11-9-16)15-12-14(17-7-3)18-13(4)19-15/h12H,5-11H2,1-4H3,(H,17,18,19). The van der Waals surface area contributed by atoms with Gasteiger partial charge in [-0.1, -0.05) is 26.7 Å². The second kappa shape index (κ2) is 6.42. The lowest BCUT2D eigenvalue weighted by molar-refractivity contribution is 0.199. The number of aryl methyl sites for hydroxylation is 1. The fourth-order valence-corrected chi connectivity index (χ4v) is 3.15. The molecule has 1 saturated heterocycles. The van der Waals surface area contributed by atoms with Crippen molar-refractivity contribution in [1.82, 2.24) is 9.97 Å². The molecule has 2 heterocycles. The van der Waals surface area contributed by atoms with Crippen molar-refractivity contribution in [3.8, 4) is 0 Å². The predicted octanol–water partition coefficient (Wildman–Crippen LogP) is 3.62. The summed E-state index contributed by atoms with van der Waals surface area (Å²) in [5.41, 5.74) is 0.559. The number of hydrogen-bond acceptors (Lipinski definition) is 4. The summed E-state index contributed by atoms with van der Waals surface area (Å²) in [4.78, 5) is 11.5. The molecule has 112 valence electrons. The molecule has 4 heteroatoms. The molecule has 0 bridgehead atoms. The average Bonchev–Trinajstić information content (AvgIpc) is 2.47. The molecule has 2 rings (SSSR count). The maximum Gasteiger partial charge on any atom is 0.134 e. The molecule has 20 heavy (non-hydrogen) atoms. The third-order valence-corrected chi connectivity index (χ3v) is 4.83. The van der Waals surface area contributed by atoms with E-state index in [4.69, 9.17) is 0 Å². The molecule has 0 saturated carbocycles. The SMILES string of the molecule is CCNc1cc(N2CCC(CC)(CC)CC2)nc(C)n1. The van der Waals surface area contributed by atoms with Crippen LogP contribution in [0.25, 0.3) is 0 Å². The van der Waals surface area contributed by atoms with E-state index >= 15 is 0 Å². The van der Waals surface area contributed by atoms with Gasteiger partial charge in [-0.2, -0.15) is 0 Å². The van der Waals surface area contributed by atoms with E-state index in [-0.39, 0.29) is 0 Å². The zero-order valence-corrected chi connectivity index (χ0v) is 13.4. The molecule has 1 N–H and O–H groups in total. The van der Waals surface area contributed by atoms with Gasteiger partial charge < -0.3 is 10.2 Å². The molecule has 0 amide bonds. The van der Waals surface area contributed by atoms with Crippen LogP contribution < -0.4 is 10.2 Å². The fourth-order valence-electron chi connectivity index (χ4n) is 3.15. The molecule has 1 fully saturated rings. The molecule has 0 atom stereocenters. The Morgan fingerprint density at radius 3 is 2.35 bits per heavy atom. The van der Waals surface area contributed by atoms with Crippen molar-refractivity contribution < 1.29 is 0 Å². The zero-order chi connectivity index (χ0) is 14.6. The Hall–Kier alpha value is -1.32. The monoisotopic (exact) mass is 276 g/mol. The summed E-state index contributed by atoms with van der Waals surface area (Å²) in [7, 11) is 0. The van der Waals surface area contributed by atoms with Crippen molar-refractivity contribution in [3.63, 3.8) is 0 Å². The highest BCUT2D eigenvalue weighted by Crippen LogP contribution is 2.38. The molecule has 0 radical (unpaired) electrons. The van der Waals surface area contributed by atoms with Crippen molar-refractivity contribution >= 4 is 11.6 Å². The molecule has 0 spiro atoms. The van der Waals surface area contributed by atoms with Crippen molar-refractivity contribution in [3.05, 3.63) is 11.9 Å². The van der Waals surface area contributed by atoms with Crippen LogP contribution in [-0.2, 0) is 0 Å². The van der Waals surface area contributed by atoms with Crippen LogP contribution in [0.2, 0.25) is 0 Å². The van der Waals surface area contributed by atoms with Crippen LogP contribution >= 0.6 is 0 Å². The van der Waals surface area contributed by atoms with Gasteiger partial charge in [-0.25, -0.2) is 9.97 Å². The number of rotatable bonds is 5. The van der Waals surface area contributed by atoms with E-state index in [1.807, 2.05) is 6.92 Å². The summed E-state index contributed by atoms with van der Waals surface area (Å²) >= 11 is 0. The molecule has 0 aliphatic carbocycles. The fraction of sp³-hybridized carbons (Fsp3) is 0.750. The van der Waals surface area contributed by atoms with E-state index in [1.54, 1.807) is 0 Å². The lowest BCUT2D eigenvalue weighted by atomic mass is 9.74. The van der Waals surface area contributed by atoms with Crippen LogP contribution in [0.5, 0.6) is 0 Å². The van der Waals surface area contributed by atoms with E-state index in [2.05, 4.69) is 47.0 Å². The van der Waals surface area contributed by atoms with Gasteiger partial charge >= 0.3 is 0 Å². The van der Waals surface area contributed by atoms with Crippen molar-refractivity contribution in [2.24, 2.45) is 5.41 Å². The van der Waals surface area contributed by atoms with Gasteiger partial charge in [0.2, 0.25) is 0 Å². The first-order chi connectivity index (χ1) is 9.62. The molecule has 1 aliphatic rings. The summed E-state index contributed by atoms with van der Waals surface area (Å²) in [6, 6.07) is 2.08. The molecular weight excluding hydrogens is 248 g/mol. The van der Waals surface area contributed by atoms with Gasteiger partial charge in [0.1, 0.15) is 17.5 Å². The van der Waals surface area contributed by atoms with Gasteiger partial charge in [0, 0.05) is 25.7 Å². The van der Waals surface area contributed by atoms with Gasteiger partial charge in [0.05, 0.1) is 0 Å². The Bertz CT molecular complexity index is 430. The number of hydrogen-bond donors (Lipinski definition) is 1. The molecule has 1 aromatic rings. The maximum absolute atomic E-state index is 4.61. The topological polar surface area (TPSA) is 41.0 Å². The third kappa shape index (κ3) is 3.22.